The number of hydrogen-bond acceptors (Lipinski definition) is 13. The molecular weight excluding hydrogens is 893 g/mol. The molecule has 2 aliphatic carbocycles. The Balaban J connectivity index is 0.000000171. The molecule has 8 aromatic rings. The molecule has 0 saturated heterocycles. The first-order valence-electron chi connectivity index (χ1n) is 22.7. The van der Waals surface area contributed by atoms with Gasteiger partial charge in [0.2, 0.25) is 0 Å². The van der Waals surface area contributed by atoms with Crippen molar-refractivity contribution in [3.63, 3.8) is 0 Å². The van der Waals surface area contributed by atoms with Crippen molar-refractivity contribution in [3.05, 3.63) is 108 Å². The number of fused-ring (bicyclic) bond motifs is 6. The summed E-state index contributed by atoms with van der Waals surface area (Å²) in [4.78, 5) is 21.6. The van der Waals surface area contributed by atoms with Crippen LogP contribution in [0.4, 0.5) is 4.79 Å². The van der Waals surface area contributed by atoms with E-state index in [-0.39, 0.29) is 39.6 Å². The lowest BCUT2D eigenvalue weighted by Gasteiger charge is -2.21. The van der Waals surface area contributed by atoms with Crippen LogP contribution in [-0.4, -0.2) is 87.7 Å². The Kier molecular flexibility index (Phi) is 11.9. The van der Waals surface area contributed by atoms with E-state index in [0.29, 0.717) is 46.0 Å². The van der Waals surface area contributed by atoms with Gasteiger partial charge in [-0.05, 0) is 109 Å². The van der Waals surface area contributed by atoms with Gasteiger partial charge in [0, 0.05) is 36.3 Å². The van der Waals surface area contributed by atoms with Crippen LogP contribution in [0.5, 0.6) is 0 Å². The van der Waals surface area contributed by atoms with Crippen molar-refractivity contribution in [2.75, 3.05) is 0 Å². The average molecular weight is 949 g/mol. The maximum atomic E-state index is 13.4. The topological polar surface area (TPSA) is 229 Å². The number of rotatable bonds is 9. The van der Waals surface area contributed by atoms with Gasteiger partial charge >= 0.3 is 6.09 Å². The van der Waals surface area contributed by atoms with Crippen molar-refractivity contribution in [2.24, 2.45) is 17.6 Å². The maximum absolute atomic E-state index is 13.4. The van der Waals surface area contributed by atoms with E-state index in [2.05, 4.69) is 49.5 Å². The second kappa shape index (κ2) is 17.4. The van der Waals surface area contributed by atoms with Crippen LogP contribution in [-0.2, 0) is 24.8 Å². The summed E-state index contributed by atoms with van der Waals surface area (Å²) < 4.78 is 65.0. The zero-order chi connectivity index (χ0) is 47.6. The molecule has 2 fully saturated rings. The Bertz CT molecular complexity index is 3350. The van der Waals surface area contributed by atoms with E-state index in [4.69, 9.17) is 10.5 Å². The molecule has 2 aromatic carbocycles. The Morgan fingerprint density at radius 2 is 1.12 bits per heavy atom. The predicted molar refractivity (Wildman–Crippen MR) is 253 cm³/mol. The fraction of sp³-hybridized carbons (Fsp3) is 0.426. The van der Waals surface area contributed by atoms with Crippen molar-refractivity contribution < 1.29 is 26.4 Å². The lowest BCUT2D eigenvalue weighted by molar-refractivity contribution is 0.0504. The van der Waals surface area contributed by atoms with Crippen molar-refractivity contribution in [3.8, 4) is 0 Å². The number of aryl methyl sites for hydroxylation is 2. The minimum atomic E-state index is -3.84. The monoisotopic (exact) mass is 948 g/mol. The third-order valence-electron chi connectivity index (χ3n) is 13.1. The fourth-order valence-corrected chi connectivity index (χ4v) is 12.4. The number of nitrogens with two attached hydrogens (primary N) is 1. The summed E-state index contributed by atoms with van der Waals surface area (Å²) in [5.74, 6) is 2.52. The summed E-state index contributed by atoms with van der Waals surface area (Å²) in [7, 11) is -7.60. The minimum Gasteiger partial charge on any atom is -0.444 e. The highest BCUT2D eigenvalue weighted by molar-refractivity contribution is 7.90. The summed E-state index contributed by atoms with van der Waals surface area (Å²) in [6.45, 7) is 13.6. The molecule has 0 bridgehead atoms. The standard InChI is InChI=1S/C26H32N6O4S.C21H24N6O2S/c1-6-17-13-18(28-25(33)36-26(3,4)5)14-20(17)23-30-29-22-15-27-24-21(32(22)23)11-12-31(24)37(34,35)19-9-7-16(2)8-10-19;1-3-14-10-15(22)11-17(14)20-25-24-19-12-23-21-18(27(19)20)8-9-26(21)30(28,29)16-6-4-13(2)5-7-16/h7-12,15,17-18,20H,6,13-14H2,1-5H3,(H,28,33);4-9,12,14-15,17H,3,10-11,22H2,1-2H3. The summed E-state index contributed by atoms with van der Waals surface area (Å²) in [5, 5.41) is 20.6. The highest BCUT2D eigenvalue weighted by Crippen LogP contribution is 2.43. The molecule has 352 valence electrons. The molecule has 20 heteroatoms. The van der Waals surface area contributed by atoms with Crippen LogP contribution in [0.2, 0.25) is 0 Å². The molecule has 6 atom stereocenters. The van der Waals surface area contributed by atoms with Gasteiger partial charge in [0.05, 0.1) is 33.2 Å². The average Bonchev–Trinajstić information content (AvgIpc) is 4.14. The quantitative estimate of drug-likeness (QED) is 0.145. The Hall–Kier alpha value is -6.25. The van der Waals surface area contributed by atoms with Crippen LogP contribution in [0.3, 0.4) is 0 Å². The molecule has 2 aliphatic rings. The number of hydrogen-bond donors (Lipinski definition) is 2. The van der Waals surface area contributed by atoms with E-state index < -0.39 is 31.7 Å². The van der Waals surface area contributed by atoms with Crippen LogP contribution in [0, 0.1) is 25.7 Å². The molecule has 67 heavy (non-hydrogen) atoms. The smallest absolute Gasteiger partial charge is 0.407 e. The molecule has 6 heterocycles. The zero-order valence-corrected chi connectivity index (χ0v) is 40.2. The van der Waals surface area contributed by atoms with Crippen LogP contribution in [0.15, 0.2) is 95.2 Å². The third-order valence-corrected chi connectivity index (χ3v) is 16.5. The number of carbonyl (C=O) groups excluding carboxylic acids is 1. The number of nitrogens with one attached hydrogen (secondary N) is 1. The number of amides is 1. The minimum absolute atomic E-state index is 0.0302. The number of ether oxygens (including phenoxy) is 1. The summed E-state index contributed by atoms with van der Waals surface area (Å²) >= 11 is 0. The van der Waals surface area contributed by atoms with E-state index >= 15 is 0 Å². The number of carbonyl (C=O) groups is 1. The molecule has 0 spiro atoms. The predicted octanol–water partition coefficient (Wildman–Crippen LogP) is 7.28. The number of nitrogens with zero attached hydrogens (tertiary/aromatic N) is 10. The normalized spacial score (nSPS) is 21.3. The summed E-state index contributed by atoms with van der Waals surface area (Å²) in [5.41, 5.74) is 10.8. The number of benzene rings is 2. The Morgan fingerprint density at radius 1 is 0.672 bits per heavy atom. The third kappa shape index (κ3) is 8.54. The fourth-order valence-electron chi connectivity index (χ4n) is 9.84. The first kappa shape index (κ1) is 45.9. The largest absolute Gasteiger partial charge is 0.444 e. The van der Waals surface area contributed by atoms with Crippen LogP contribution in [0.1, 0.15) is 108 Å². The van der Waals surface area contributed by atoms with Crippen LogP contribution < -0.4 is 11.1 Å². The Morgan fingerprint density at radius 3 is 1.57 bits per heavy atom. The molecule has 0 radical (unpaired) electrons. The molecule has 0 aliphatic heterocycles. The number of aromatic nitrogens is 10. The molecule has 18 nitrogen and oxygen atoms in total. The van der Waals surface area contributed by atoms with Crippen LogP contribution in [0.25, 0.3) is 33.6 Å². The molecule has 1 amide bonds. The lowest BCUT2D eigenvalue weighted by atomic mass is 9.93. The number of alkyl carbamates (subject to hydrolysis) is 1. The van der Waals surface area contributed by atoms with Gasteiger partial charge in [-0.15, -0.1) is 20.4 Å². The van der Waals surface area contributed by atoms with E-state index in [1.807, 2.05) is 43.4 Å². The first-order chi connectivity index (χ1) is 31.9. The Labute approximate surface area is 389 Å². The van der Waals surface area contributed by atoms with E-state index in [1.165, 1.54) is 14.1 Å². The second-order valence-corrected chi connectivity index (χ2v) is 22.5. The van der Waals surface area contributed by atoms with Gasteiger partial charge in [0.15, 0.2) is 22.6 Å². The highest BCUT2D eigenvalue weighted by Gasteiger charge is 2.39. The summed E-state index contributed by atoms with van der Waals surface area (Å²) in [6.07, 6.45) is 11.0. The van der Waals surface area contributed by atoms with Gasteiger partial charge < -0.3 is 15.8 Å². The van der Waals surface area contributed by atoms with Crippen molar-refractivity contribution in [1.82, 2.24) is 52.4 Å². The zero-order valence-electron chi connectivity index (χ0n) is 38.6. The van der Waals surface area contributed by atoms with Gasteiger partial charge in [0.1, 0.15) is 17.2 Å². The van der Waals surface area contributed by atoms with Crippen molar-refractivity contribution in [2.45, 2.75) is 126 Å². The van der Waals surface area contributed by atoms with Crippen LogP contribution >= 0.6 is 0 Å². The van der Waals surface area contributed by atoms with Gasteiger partial charge in [-0.1, -0.05) is 62.1 Å². The van der Waals surface area contributed by atoms with Gasteiger partial charge in [-0.3, -0.25) is 8.80 Å². The van der Waals surface area contributed by atoms with Crippen molar-refractivity contribution in [1.29, 1.82) is 0 Å². The van der Waals surface area contributed by atoms with E-state index in [1.54, 1.807) is 79.3 Å². The molecule has 3 N–H and O–H groups in total. The molecule has 6 aromatic heterocycles. The first-order valence-corrected chi connectivity index (χ1v) is 25.6. The second-order valence-electron chi connectivity index (χ2n) is 18.9. The summed E-state index contributed by atoms with van der Waals surface area (Å²) in [6, 6.07) is 17.1. The molecule has 6 unspecified atom stereocenters. The lowest BCUT2D eigenvalue weighted by Crippen LogP contribution is -2.38. The molecule has 10 rings (SSSR count). The maximum Gasteiger partial charge on any atom is 0.407 e. The molecular formula is C47H56N12O6S2. The van der Waals surface area contributed by atoms with Gasteiger partial charge in [0.25, 0.3) is 20.0 Å². The highest BCUT2D eigenvalue weighted by atomic mass is 32.2. The SMILES string of the molecule is CCC1CC(N)CC1c1nnc2cnc3c(ccn3S(=O)(=O)c3ccc(C)cc3)n12.CCC1CC(NC(=O)OC(C)(C)C)CC1c1nnc2cnc3c(ccn3S(=O)(=O)c3ccc(C)cc3)n12. The van der Waals surface area contributed by atoms with Gasteiger partial charge in [-0.25, -0.2) is 39.5 Å². The van der Waals surface area contributed by atoms with Gasteiger partial charge in [-0.2, -0.15) is 0 Å². The van der Waals surface area contributed by atoms with E-state index in [0.717, 1.165) is 54.9 Å². The van der Waals surface area contributed by atoms with E-state index in [9.17, 15) is 21.6 Å². The molecule has 2 saturated carbocycles. The van der Waals surface area contributed by atoms with Crippen molar-refractivity contribution >= 4 is 59.8 Å².